The fourth-order valence-corrected chi connectivity index (χ4v) is 3.87. The van der Waals surface area contributed by atoms with Gasteiger partial charge in [-0.05, 0) is 28.8 Å². The quantitative estimate of drug-likeness (QED) is 0.288. The normalized spacial score (nSPS) is 12.2. The van der Waals surface area contributed by atoms with E-state index in [1.54, 1.807) is 24.3 Å². The Kier molecular flexibility index (Phi) is 7.30. The Bertz CT molecular complexity index is 1030. The van der Waals surface area contributed by atoms with Crippen molar-refractivity contribution in [2.75, 3.05) is 13.2 Å². The summed E-state index contributed by atoms with van der Waals surface area (Å²) in [4.78, 5) is 12.2. The lowest BCUT2D eigenvalue weighted by Crippen LogP contribution is -2.37. The van der Waals surface area contributed by atoms with Gasteiger partial charge < -0.3 is 14.6 Å². The first kappa shape index (κ1) is 22.5. The Hall–Kier alpha value is -3.73. The first-order valence-corrected chi connectivity index (χ1v) is 10.9. The molecule has 0 spiro atoms. The Morgan fingerprint density at radius 3 is 1.45 bits per heavy atom. The third-order valence-corrected chi connectivity index (χ3v) is 5.45. The summed E-state index contributed by atoms with van der Waals surface area (Å²) in [6, 6.07) is 38.5. The van der Waals surface area contributed by atoms with E-state index in [0.29, 0.717) is 5.56 Å². The molecule has 0 aliphatic heterocycles. The molecule has 0 aliphatic carbocycles. The highest BCUT2D eigenvalue weighted by Gasteiger charge is 2.38. The van der Waals surface area contributed by atoms with Crippen LogP contribution in [0.2, 0.25) is 0 Å². The summed E-state index contributed by atoms with van der Waals surface area (Å²) in [5, 5.41) is 10.6. The monoisotopic (exact) mass is 438 g/mol. The van der Waals surface area contributed by atoms with Gasteiger partial charge in [-0.15, -0.1) is 0 Å². The van der Waals surface area contributed by atoms with Gasteiger partial charge in [0, 0.05) is 0 Å². The van der Waals surface area contributed by atoms with Crippen LogP contribution >= 0.6 is 0 Å². The highest BCUT2D eigenvalue weighted by atomic mass is 16.6. The fourth-order valence-electron chi connectivity index (χ4n) is 3.87. The maximum Gasteiger partial charge on any atom is 0.338 e. The third-order valence-electron chi connectivity index (χ3n) is 5.45. The van der Waals surface area contributed by atoms with Crippen LogP contribution in [0.5, 0.6) is 0 Å². The largest absolute Gasteiger partial charge is 0.459 e. The number of carbonyl (C=O) groups is 1. The van der Waals surface area contributed by atoms with E-state index in [1.807, 2.05) is 97.1 Å². The van der Waals surface area contributed by atoms with Crippen molar-refractivity contribution in [3.63, 3.8) is 0 Å². The molecule has 0 heterocycles. The number of hydrogen-bond acceptors (Lipinski definition) is 4. The highest BCUT2D eigenvalue weighted by Crippen LogP contribution is 2.40. The molecule has 0 bridgehead atoms. The number of ether oxygens (including phenoxy) is 2. The Morgan fingerprint density at radius 1 is 0.636 bits per heavy atom. The molecular formula is C29H26O4. The maximum atomic E-state index is 12.2. The van der Waals surface area contributed by atoms with Crippen LogP contribution in [0.4, 0.5) is 0 Å². The SMILES string of the molecule is O=C(OC[C@H](O)COC(c1ccccc1)(c1ccccc1)c1ccccc1)c1ccccc1. The second-order valence-corrected chi connectivity index (χ2v) is 7.71. The molecule has 4 rings (SSSR count). The Morgan fingerprint density at radius 2 is 1.03 bits per heavy atom. The second-order valence-electron chi connectivity index (χ2n) is 7.71. The van der Waals surface area contributed by atoms with Crippen molar-refractivity contribution in [2.24, 2.45) is 0 Å². The zero-order chi connectivity index (χ0) is 22.9. The van der Waals surface area contributed by atoms with Gasteiger partial charge >= 0.3 is 5.97 Å². The van der Waals surface area contributed by atoms with Gasteiger partial charge in [0.25, 0.3) is 0 Å². The number of esters is 1. The minimum absolute atomic E-state index is 0.0270. The molecule has 33 heavy (non-hydrogen) atoms. The molecule has 4 aromatic rings. The fraction of sp³-hybridized carbons (Fsp3) is 0.138. The molecule has 4 aromatic carbocycles. The average molecular weight is 439 g/mol. The summed E-state index contributed by atoms with van der Waals surface area (Å²) in [6.45, 7) is -0.192. The Labute approximate surface area is 194 Å². The summed E-state index contributed by atoms with van der Waals surface area (Å²) in [7, 11) is 0. The van der Waals surface area contributed by atoms with E-state index in [1.165, 1.54) is 0 Å². The summed E-state index contributed by atoms with van der Waals surface area (Å²) >= 11 is 0. The van der Waals surface area contributed by atoms with Crippen LogP contribution in [0.1, 0.15) is 27.0 Å². The van der Waals surface area contributed by atoms with Gasteiger partial charge in [-0.1, -0.05) is 109 Å². The molecule has 1 N–H and O–H groups in total. The average Bonchev–Trinajstić information content (AvgIpc) is 2.90. The van der Waals surface area contributed by atoms with Crippen molar-refractivity contribution < 1.29 is 19.4 Å². The zero-order valence-corrected chi connectivity index (χ0v) is 18.2. The van der Waals surface area contributed by atoms with Crippen molar-refractivity contribution in [3.05, 3.63) is 144 Å². The first-order valence-electron chi connectivity index (χ1n) is 10.9. The molecule has 0 amide bonds. The summed E-state index contributed by atoms with van der Waals surface area (Å²) in [5.74, 6) is -0.477. The van der Waals surface area contributed by atoms with E-state index >= 15 is 0 Å². The summed E-state index contributed by atoms with van der Waals surface area (Å²) in [5.41, 5.74) is 2.33. The van der Waals surface area contributed by atoms with Crippen molar-refractivity contribution >= 4 is 5.97 Å². The lowest BCUT2D eigenvalue weighted by Gasteiger charge is -2.36. The van der Waals surface area contributed by atoms with Crippen LogP contribution in [0.25, 0.3) is 0 Å². The molecular weight excluding hydrogens is 412 g/mol. The molecule has 4 nitrogen and oxygen atoms in total. The van der Waals surface area contributed by atoms with Gasteiger partial charge in [-0.25, -0.2) is 4.79 Å². The zero-order valence-electron chi connectivity index (χ0n) is 18.2. The minimum atomic E-state index is -0.992. The number of carbonyl (C=O) groups excluding carboxylic acids is 1. The van der Waals surface area contributed by atoms with E-state index in [-0.39, 0.29) is 13.2 Å². The molecule has 4 heteroatoms. The smallest absolute Gasteiger partial charge is 0.338 e. The van der Waals surface area contributed by atoms with Crippen LogP contribution in [-0.4, -0.2) is 30.4 Å². The first-order chi connectivity index (χ1) is 16.2. The van der Waals surface area contributed by atoms with E-state index in [9.17, 15) is 9.90 Å². The molecule has 1 atom stereocenters. The molecule has 166 valence electrons. The molecule has 0 saturated carbocycles. The molecule has 0 radical (unpaired) electrons. The van der Waals surface area contributed by atoms with Gasteiger partial charge in [0.15, 0.2) is 0 Å². The minimum Gasteiger partial charge on any atom is -0.459 e. The van der Waals surface area contributed by atoms with Crippen molar-refractivity contribution in [2.45, 2.75) is 11.7 Å². The number of aliphatic hydroxyl groups excluding tert-OH is 1. The lowest BCUT2D eigenvalue weighted by atomic mass is 9.80. The van der Waals surface area contributed by atoms with Crippen molar-refractivity contribution in [3.8, 4) is 0 Å². The van der Waals surface area contributed by atoms with Gasteiger partial charge in [0.05, 0.1) is 12.2 Å². The van der Waals surface area contributed by atoms with Crippen LogP contribution in [0.3, 0.4) is 0 Å². The van der Waals surface area contributed by atoms with Crippen LogP contribution in [0, 0.1) is 0 Å². The molecule has 0 unspecified atom stereocenters. The summed E-state index contributed by atoms with van der Waals surface area (Å²) in [6.07, 6.45) is -0.992. The lowest BCUT2D eigenvalue weighted by molar-refractivity contribution is -0.0567. The Balaban J connectivity index is 1.60. The molecule has 0 aromatic heterocycles. The maximum absolute atomic E-state index is 12.2. The van der Waals surface area contributed by atoms with E-state index in [0.717, 1.165) is 16.7 Å². The van der Waals surface area contributed by atoms with E-state index < -0.39 is 17.7 Å². The molecule has 0 aliphatic rings. The number of aliphatic hydroxyl groups is 1. The predicted octanol–water partition coefficient (Wildman–Crippen LogP) is 5.21. The van der Waals surface area contributed by atoms with Gasteiger partial charge in [-0.2, -0.15) is 0 Å². The topological polar surface area (TPSA) is 55.8 Å². The highest BCUT2D eigenvalue weighted by molar-refractivity contribution is 5.89. The molecule has 0 saturated heterocycles. The van der Waals surface area contributed by atoms with Crippen LogP contribution in [-0.2, 0) is 15.1 Å². The van der Waals surface area contributed by atoms with E-state index in [2.05, 4.69) is 0 Å². The van der Waals surface area contributed by atoms with Gasteiger partial charge in [0.1, 0.15) is 18.3 Å². The second kappa shape index (κ2) is 10.7. The number of benzene rings is 4. The number of hydrogen-bond donors (Lipinski definition) is 1. The van der Waals surface area contributed by atoms with Gasteiger partial charge in [0.2, 0.25) is 0 Å². The standard InChI is InChI=1S/C29H26O4/c30-27(21-32-28(31)23-13-5-1-6-14-23)22-33-29(24-15-7-2-8-16-24,25-17-9-3-10-18-25)26-19-11-4-12-20-26/h1-20,27,30H,21-22H2/t27-/m0/s1. The van der Waals surface area contributed by atoms with Crippen molar-refractivity contribution in [1.29, 1.82) is 0 Å². The summed E-state index contributed by atoms with van der Waals surface area (Å²) < 4.78 is 11.8. The van der Waals surface area contributed by atoms with E-state index in [4.69, 9.17) is 9.47 Å². The van der Waals surface area contributed by atoms with Crippen molar-refractivity contribution in [1.82, 2.24) is 0 Å². The third kappa shape index (κ3) is 5.20. The predicted molar refractivity (Wildman–Crippen MR) is 128 cm³/mol. The number of rotatable bonds is 9. The van der Waals surface area contributed by atoms with Gasteiger partial charge in [-0.3, -0.25) is 0 Å². The van der Waals surface area contributed by atoms with Crippen LogP contribution < -0.4 is 0 Å². The van der Waals surface area contributed by atoms with Crippen LogP contribution in [0.15, 0.2) is 121 Å². The molecule has 0 fully saturated rings.